The van der Waals surface area contributed by atoms with Crippen molar-refractivity contribution in [1.29, 1.82) is 0 Å². The highest BCUT2D eigenvalue weighted by molar-refractivity contribution is 7.14. The summed E-state index contributed by atoms with van der Waals surface area (Å²) in [5.41, 5.74) is 6.29. The van der Waals surface area contributed by atoms with E-state index < -0.39 is 0 Å². The van der Waals surface area contributed by atoms with Gasteiger partial charge in [-0.05, 0) is 43.7 Å². The summed E-state index contributed by atoms with van der Waals surface area (Å²) < 4.78 is 6.23. The van der Waals surface area contributed by atoms with Gasteiger partial charge in [0.15, 0.2) is 0 Å². The van der Waals surface area contributed by atoms with Gasteiger partial charge in [0.25, 0.3) is 5.91 Å². The van der Waals surface area contributed by atoms with Crippen LogP contribution in [0.4, 0.5) is 0 Å². The molecule has 1 aromatic rings. The molecular formula is C20H27N3O3S. The summed E-state index contributed by atoms with van der Waals surface area (Å²) in [6.45, 7) is 2.03. The van der Waals surface area contributed by atoms with Crippen molar-refractivity contribution < 1.29 is 14.3 Å². The lowest BCUT2D eigenvalue weighted by Gasteiger charge is -2.44. The van der Waals surface area contributed by atoms with E-state index in [-0.39, 0.29) is 30.0 Å². The molecule has 3 N–H and O–H groups in total. The maximum atomic E-state index is 12.7. The lowest BCUT2D eigenvalue weighted by Crippen LogP contribution is -2.49. The fourth-order valence-electron chi connectivity index (χ4n) is 4.36. The Labute approximate surface area is 163 Å². The second kappa shape index (κ2) is 7.73. The zero-order valence-corrected chi connectivity index (χ0v) is 16.4. The minimum atomic E-state index is -0.362. The van der Waals surface area contributed by atoms with Gasteiger partial charge in [0, 0.05) is 30.4 Å². The van der Waals surface area contributed by atoms with Crippen molar-refractivity contribution in [2.24, 2.45) is 5.73 Å². The number of rotatable bonds is 3. The third kappa shape index (κ3) is 3.68. The molecule has 27 heavy (non-hydrogen) atoms. The summed E-state index contributed by atoms with van der Waals surface area (Å²) >= 11 is 1.59. The number of nitrogens with one attached hydrogen (secondary N) is 1. The van der Waals surface area contributed by atoms with E-state index in [0.717, 1.165) is 49.0 Å². The second-order valence-electron chi connectivity index (χ2n) is 7.56. The molecule has 1 atom stereocenters. The standard InChI is InChI=1S/C20H27N3O3S/c21-13-18(24)23-9-7-20(8-10-23)15-12-17(27-16(15)6-11-26-20)19(25)22-14-4-2-1-3-5-14/h2,4,12,14H,1,3,5-11,13,21H2,(H,22,25). The van der Waals surface area contributed by atoms with Crippen LogP contribution in [0.5, 0.6) is 0 Å². The number of carbonyl (C=O) groups excluding carboxylic acids is 2. The molecule has 0 radical (unpaired) electrons. The molecule has 1 saturated heterocycles. The minimum absolute atomic E-state index is 0.00759. The molecule has 0 saturated carbocycles. The van der Waals surface area contributed by atoms with Gasteiger partial charge in [-0.15, -0.1) is 11.3 Å². The first-order valence-corrected chi connectivity index (χ1v) is 10.7. The molecule has 7 heteroatoms. The monoisotopic (exact) mass is 389 g/mol. The van der Waals surface area contributed by atoms with E-state index >= 15 is 0 Å². The Morgan fingerprint density at radius 1 is 1.37 bits per heavy atom. The van der Waals surface area contributed by atoms with Gasteiger partial charge < -0.3 is 20.7 Å². The van der Waals surface area contributed by atoms with E-state index in [1.807, 2.05) is 11.0 Å². The van der Waals surface area contributed by atoms with Gasteiger partial charge in [0.05, 0.1) is 23.6 Å². The maximum Gasteiger partial charge on any atom is 0.261 e. The van der Waals surface area contributed by atoms with E-state index in [0.29, 0.717) is 19.7 Å². The lowest BCUT2D eigenvalue weighted by molar-refractivity contribution is -0.139. The highest BCUT2D eigenvalue weighted by Gasteiger charge is 2.43. The molecule has 3 heterocycles. The van der Waals surface area contributed by atoms with Gasteiger partial charge in [-0.2, -0.15) is 0 Å². The third-order valence-corrected chi connectivity index (χ3v) is 7.09. The summed E-state index contributed by atoms with van der Waals surface area (Å²) in [6.07, 6.45) is 9.84. The number of amides is 2. The molecule has 4 rings (SSSR count). The van der Waals surface area contributed by atoms with Crippen LogP contribution in [0.1, 0.15) is 52.2 Å². The average Bonchev–Trinajstić information content (AvgIpc) is 3.15. The maximum absolute atomic E-state index is 12.7. The SMILES string of the molecule is NCC(=O)N1CCC2(CC1)OCCc1sc(C(=O)NC3C=CCCC3)cc12. The number of nitrogens with two attached hydrogens (primary N) is 1. The first-order chi connectivity index (χ1) is 13.1. The second-order valence-corrected chi connectivity index (χ2v) is 8.70. The Hall–Kier alpha value is -1.70. The van der Waals surface area contributed by atoms with Gasteiger partial charge in [0.1, 0.15) is 0 Å². The van der Waals surface area contributed by atoms with Crippen LogP contribution in [-0.2, 0) is 21.6 Å². The Morgan fingerprint density at radius 3 is 2.89 bits per heavy atom. The fourth-order valence-corrected chi connectivity index (χ4v) is 5.50. The van der Waals surface area contributed by atoms with Gasteiger partial charge in [-0.1, -0.05) is 12.2 Å². The van der Waals surface area contributed by atoms with Crippen LogP contribution < -0.4 is 11.1 Å². The number of thiophene rings is 1. The number of hydrogen-bond acceptors (Lipinski definition) is 5. The van der Waals surface area contributed by atoms with Gasteiger partial charge in [-0.3, -0.25) is 9.59 Å². The summed E-state index contributed by atoms with van der Waals surface area (Å²) in [7, 11) is 0. The van der Waals surface area contributed by atoms with Crippen LogP contribution >= 0.6 is 11.3 Å². The van der Waals surface area contributed by atoms with Crippen molar-refractivity contribution in [3.05, 3.63) is 33.5 Å². The molecule has 1 spiro atoms. The number of nitrogens with zero attached hydrogens (tertiary/aromatic N) is 1. The topological polar surface area (TPSA) is 84.7 Å². The van der Waals surface area contributed by atoms with Crippen molar-refractivity contribution in [2.75, 3.05) is 26.2 Å². The van der Waals surface area contributed by atoms with Crippen molar-refractivity contribution in [1.82, 2.24) is 10.2 Å². The number of hydrogen-bond donors (Lipinski definition) is 2. The lowest BCUT2D eigenvalue weighted by atomic mass is 9.82. The molecule has 2 aliphatic heterocycles. The summed E-state index contributed by atoms with van der Waals surface area (Å²) in [4.78, 5) is 28.4. The highest BCUT2D eigenvalue weighted by Crippen LogP contribution is 2.44. The first-order valence-electron chi connectivity index (χ1n) is 9.84. The van der Waals surface area contributed by atoms with Gasteiger partial charge >= 0.3 is 0 Å². The quantitative estimate of drug-likeness (QED) is 0.774. The molecule has 6 nitrogen and oxygen atoms in total. The number of fused-ring (bicyclic) bond motifs is 2. The van der Waals surface area contributed by atoms with Crippen molar-refractivity contribution in [3.8, 4) is 0 Å². The number of carbonyl (C=O) groups is 2. The number of likely N-dealkylation sites (tertiary alicyclic amines) is 1. The molecule has 1 aromatic heterocycles. The van der Waals surface area contributed by atoms with Crippen molar-refractivity contribution in [3.63, 3.8) is 0 Å². The zero-order chi connectivity index (χ0) is 18.9. The summed E-state index contributed by atoms with van der Waals surface area (Å²) in [5.74, 6) is 0.00338. The molecule has 3 aliphatic rings. The number of ether oxygens (including phenoxy) is 1. The molecule has 146 valence electrons. The predicted molar refractivity (Wildman–Crippen MR) is 105 cm³/mol. The zero-order valence-electron chi connectivity index (χ0n) is 15.5. The van der Waals surface area contributed by atoms with Crippen LogP contribution in [0, 0.1) is 0 Å². The Balaban J connectivity index is 1.50. The molecule has 1 aliphatic carbocycles. The van der Waals surface area contributed by atoms with Crippen LogP contribution in [0.15, 0.2) is 18.2 Å². The Kier molecular flexibility index (Phi) is 5.34. The molecule has 1 unspecified atom stereocenters. The molecule has 0 aromatic carbocycles. The van der Waals surface area contributed by atoms with Crippen LogP contribution in [0.2, 0.25) is 0 Å². The van der Waals surface area contributed by atoms with Gasteiger partial charge in [0.2, 0.25) is 5.91 Å². The smallest absolute Gasteiger partial charge is 0.261 e. The first kappa shape index (κ1) is 18.7. The van der Waals surface area contributed by atoms with E-state index in [9.17, 15) is 9.59 Å². The number of piperidine rings is 1. The van der Waals surface area contributed by atoms with E-state index in [2.05, 4.69) is 17.5 Å². The highest BCUT2D eigenvalue weighted by atomic mass is 32.1. The largest absolute Gasteiger partial charge is 0.370 e. The molecular weight excluding hydrogens is 362 g/mol. The minimum Gasteiger partial charge on any atom is -0.370 e. The fraction of sp³-hybridized carbons (Fsp3) is 0.600. The van der Waals surface area contributed by atoms with E-state index in [1.165, 1.54) is 4.88 Å². The molecule has 1 fully saturated rings. The summed E-state index contributed by atoms with van der Waals surface area (Å²) in [5, 5.41) is 3.14. The Bertz CT molecular complexity index is 750. The third-order valence-electron chi connectivity index (χ3n) is 5.90. The number of allylic oxidation sites excluding steroid dienone is 1. The van der Waals surface area contributed by atoms with Crippen LogP contribution in [0.25, 0.3) is 0 Å². The normalized spacial score (nSPS) is 23.9. The van der Waals surface area contributed by atoms with Crippen molar-refractivity contribution in [2.45, 2.75) is 50.2 Å². The molecule has 0 bridgehead atoms. The van der Waals surface area contributed by atoms with Gasteiger partial charge in [-0.25, -0.2) is 0 Å². The van der Waals surface area contributed by atoms with Crippen LogP contribution in [-0.4, -0.2) is 49.0 Å². The average molecular weight is 390 g/mol. The van der Waals surface area contributed by atoms with E-state index in [4.69, 9.17) is 10.5 Å². The predicted octanol–water partition coefficient (Wildman–Crippen LogP) is 1.94. The van der Waals surface area contributed by atoms with Crippen molar-refractivity contribution >= 4 is 23.2 Å². The van der Waals surface area contributed by atoms with Crippen LogP contribution in [0.3, 0.4) is 0 Å². The summed E-state index contributed by atoms with van der Waals surface area (Å²) in [6, 6.07) is 2.17. The molecule has 2 amide bonds. The van der Waals surface area contributed by atoms with E-state index in [1.54, 1.807) is 11.3 Å². The Morgan fingerprint density at radius 2 is 2.19 bits per heavy atom.